The summed E-state index contributed by atoms with van der Waals surface area (Å²) in [4.78, 5) is 1.33. The van der Waals surface area contributed by atoms with Crippen molar-refractivity contribution in [3.05, 3.63) is 28.2 Å². The molecule has 90 valence electrons. The van der Waals surface area contributed by atoms with Crippen LogP contribution in [0.3, 0.4) is 0 Å². The van der Waals surface area contributed by atoms with Gasteiger partial charge in [0.15, 0.2) is 0 Å². The Morgan fingerprint density at radius 1 is 1.38 bits per heavy atom. The highest BCUT2D eigenvalue weighted by Crippen LogP contribution is 2.33. The van der Waals surface area contributed by atoms with Gasteiger partial charge in [-0.2, -0.15) is 0 Å². The van der Waals surface area contributed by atoms with E-state index in [4.69, 9.17) is 0 Å². The number of halogens is 1. The van der Waals surface area contributed by atoms with Crippen LogP contribution < -0.4 is 5.32 Å². The van der Waals surface area contributed by atoms with E-state index in [2.05, 4.69) is 60.2 Å². The van der Waals surface area contributed by atoms with E-state index >= 15 is 0 Å². The summed E-state index contributed by atoms with van der Waals surface area (Å²) in [6.07, 6.45) is 1.20. The predicted octanol–water partition coefficient (Wildman–Crippen LogP) is 4.62. The van der Waals surface area contributed by atoms with Crippen molar-refractivity contribution in [3.8, 4) is 0 Å². The molecule has 2 atom stereocenters. The van der Waals surface area contributed by atoms with E-state index in [0.717, 1.165) is 0 Å². The molecule has 0 aliphatic heterocycles. The number of hydrogen-bond acceptors (Lipinski definition) is 2. The molecule has 2 unspecified atom stereocenters. The summed E-state index contributed by atoms with van der Waals surface area (Å²) >= 11 is 5.58. The average Bonchev–Trinajstić information content (AvgIpc) is 2.30. The second-order valence-electron chi connectivity index (χ2n) is 4.04. The zero-order valence-electron chi connectivity index (χ0n) is 10.4. The highest BCUT2D eigenvalue weighted by atomic mass is 79.9. The molecule has 0 amide bonds. The standard InChI is InChI=1S/C13H20BrNS/c1-5-9(2)16-13-7-6-11(8-12(13)14)10(3)15-4/h6-10,15H,5H2,1-4H3. The van der Waals surface area contributed by atoms with Gasteiger partial charge in [0.1, 0.15) is 0 Å². The van der Waals surface area contributed by atoms with Gasteiger partial charge in [0, 0.05) is 20.7 Å². The van der Waals surface area contributed by atoms with E-state index in [-0.39, 0.29) is 0 Å². The molecule has 0 bridgehead atoms. The van der Waals surface area contributed by atoms with E-state index < -0.39 is 0 Å². The summed E-state index contributed by atoms with van der Waals surface area (Å²) in [6, 6.07) is 7.03. The van der Waals surface area contributed by atoms with Crippen LogP contribution in [0.5, 0.6) is 0 Å². The molecule has 0 fully saturated rings. The van der Waals surface area contributed by atoms with E-state index in [1.807, 2.05) is 18.8 Å². The molecule has 0 saturated carbocycles. The fraction of sp³-hybridized carbons (Fsp3) is 0.538. The van der Waals surface area contributed by atoms with Crippen LogP contribution in [0.2, 0.25) is 0 Å². The Labute approximate surface area is 112 Å². The van der Waals surface area contributed by atoms with Gasteiger partial charge in [0.25, 0.3) is 0 Å². The van der Waals surface area contributed by atoms with E-state index in [1.54, 1.807) is 0 Å². The van der Waals surface area contributed by atoms with Gasteiger partial charge >= 0.3 is 0 Å². The first-order chi connectivity index (χ1) is 7.58. The van der Waals surface area contributed by atoms with Crippen LogP contribution >= 0.6 is 27.7 Å². The summed E-state index contributed by atoms with van der Waals surface area (Å²) in [5, 5.41) is 3.92. The Hall–Kier alpha value is 0.01000. The first-order valence-corrected chi connectivity index (χ1v) is 7.39. The number of hydrogen-bond donors (Lipinski definition) is 1. The van der Waals surface area contributed by atoms with Gasteiger partial charge in [-0.1, -0.05) is 19.9 Å². The third kappa shape index (κ3) is 3.79. The minimum Gasteiger partial charge on any atom is -0.313 e. The Kier molecular flexibility index (Phi) is 5.87. The van der Waals surface area contributed by atoms with Crippen molar-refractivity contribution < 1.29 is 0 Å². The average molecular weight is 302 g/mol. The Balaban J connectivity index is 2.83. The zero-order valence-corrected chi connectivity index (χ0v) is 12.8. The van der Waals surface area contributed by atoms with Crippen molar-refractivity contribution in [1.29, 1.82) is 0 Å². The second-order valence-corrected chi connectivity index (χ2v) is 6.37. The van der Waals surface area contributed by atoms with Crippen molar-refractivity contribution >= 4 is 27.7 Å². The number of thioether (sulfide) groups is 1. The maximum atomic E-state index is 3.65. The summed E-state index contributed by atoms with van der Waals surface area (Å²) in [5.41, 5.74) is 1.32. The Morgan fingerprint density at radius 3 is 2.56 bits per heavy atom. The van der Waals surface area contributed by atoms with Crippen LogP contribution in [0.4, 0.5) is 0 Å². The molecule has 0 aromatic heterocycles. The molecule has 1 aromatic rings. The monoisotopic (exact) mass is 301 g/mol. The van der Waals surface area contributed by atoms with Crippen molar-refractivity contribution in [3.63, 3.8) is 0 Å². The molecule has 1 rings (SSSR count). The van der Waals surface area contributed by atoms with Gasteiger partial charge in [-0.25, -0.2) is 0 Å². The molecule has 0 saturated heterocycles. The topological polar surface area (TPSA) is 12.0 Å². The molecule has 1 aromatic carbocycles. The number of nitrogens with one attached hydrogen (secondary N) is 1. The van der Waals surface area contributed by atoms with Gasteiger partial charge in [0.2, 0.25) is 0 Å². The maximum absolute atomic E-state index is 3.65. The SMILES string of the molecule is CCC(C)Sc1ccc(C(C)NC)cc1Br. The smallest absolute Gasteiger partial charge is 0.0314 e. The van der Waals surface area contributed by atoms with Crippen molar-refractivity contribution in [2.45, 2.75) is 43.4 Å². The molecule has 16 heavy (non-hydrogen) atoms. The molecule has 0 heterocycles. The summed E-state index contributed by atoms with van der Waals surface area (Å²) < 4.78 is 1.21. The van der Waals surface area contributed by atoms with Gasteiger partial charge < -0.3 is 5.32 Å². The molecular formula is C13H20BrNS. The van der Waals surface area contributed by atoms with Crippen LogP contribution in [0.15, 0.2) is 27.6 Å². The molecule has 0 radical (unpaired) electrons. The molecule has 0 aliphatic rings. The summed E-state index contributed by atoms with van der Waals surface area (Å²) in [7, 11) is 1.99. The third-order valence-electron chi connectivity index (χ3n) is 2.79. The Morgan fingerprint density at radius 2 is 2.06 bits per heavy atom. The molecule has 0 spiro atoms. The first-order valence-electron chi connectivity index (χ1n) is 5.71. The van der Waals surface area contributed by atoms with Crippen molar-refractivity contribution in [2.75, 3.05) is 7.05 Å². The lowest BCUT2D eigenvalue weighted by Crippen LogP contribution is -2.12. The quantitative estimate of drug-likeness (QED) is 0.797. The lowest BCUT2D eigenvalue weighted by molar-refractivity contribution is 0.651. The maximum Gasteiger partial charge on any atom is 0.0314 e. The van der Waals surface area contributed by atoms with Gasteiger partial charge in [-0.3, -0.25) is 0 Å². The van der Waals surface area contributed by atoms with Crippen LogP contribution in [0, 0.1) is 0 Å². The van der Waals surface area contributed by atoms with Crippen LogP contribution in [0.1, 0.15) is 38.8 Å². The van der Waals surface area contributed by atoms with Gasteiger partial charge in [-0.15, -0.1) is 11.8 Å². The molecule has 3 heteroatoms. The molecular weight excluding hydrogens is 282 g/mol. The van der Waals surface area contributed by atoms with E-state index in [1.165, 1.54) is 21.4 Å². The minimum absolute atomic E-state index is 0.402. The number of benzene rings is 1. The fourth-order valence-corrected chi connectivity index (χ4v) is 2.94. The van der Waals surface area contributed by atoms with Crippen LogP contribution in [-0.2, 0) is 0 Å². The number of rotatable bonds is 5. The van der Waals surface area contributed by atoms with Crippen LogP contribution in [0.25, 0.3) is 0 Å². The summed E-state index contributed by atoms with van der Waals surface area (Å²) in [5.74, 6) is 0. The summed E-state index contributed by atoms with van der Waals surface area (Å²) in [6.45, 7) is 6.66. The molecule has 1 N–H and O–H groups in total. The minimum atomic E-state index is 0.402. The van der Waals surface area contributed by atoms with Gasteiger partial charge in [0.05, 0.1) is 0 Å². The van der Waals surface area contributed by atoms with Gasteiger partial charge in [-0.05, 0) is 54.0 Å². The predicted molar refractivity (Wildman–Crippen MR) is 77.2 cm³/mol. The highest BCUT2D eigenvalue weighted by molar-refractivity contribution is 9.10. The zero-order chi connectivity index (χ0) is 12.1. The lowest BCUT2D eigenvalue weighted by atomic mass is 10.1. The molecule has 0 aliphatic carbocycles. The van der Waals surface area contributed by atoms with Crippen molar-refractivity contribution in [1.82, 2.24) is 5.32 Å². The largest absolute Gasteiger partial charge is 0.313 e. The van der Waals surface area contributed by atoms with Crippen LogP contribution in [-0.4, -0.2) is 12.3 Å². The fourth-order valence-electron chi connectivity index (χ4n) is 1.35. The highest BCUT2D eigenvalue weighted by Gasteiger charge is 2.08. The van der Waals surface area contributed by atoms with E-state index in [9.17, 15) is 0 Å². The van der Waals surface area contributed by atoms with E-state index in [0.29, 0.717) is 11.3 Å². The third-order valence-corrected chi connectivity index (χ3v) is 5.06. The Bertz CT molecular complexity index is 341. The normalized spacial score (nSPS) is 14.8. The van der Waals surface area contributed by atoms with Crippen molar-refractivity contribution in [2.24, 2.45) is 0 Å². The second kappa shape index (κ2) is 6.67. The lowest BCUT2D eigenvalue weighted by Gasteiger charge is -2.14. The first kappa shape index (κ1) is 14.1. The molecule has 1 nitrogen and oxygen atoms in total.